The molecule has 0 aliphatic carbocycles. The Bertz CT molecular complexity index is 680. The van der Waals surface area contributed by atoms with Crippen LogP contribution in [0.2, 0.25) is 0 Å². The van der Waals surface area contributed by atoms with Crippen LogP contribution in [0.5, 0.6) is 0 Å². The van der Waals surface area contributed by atoms with Crippen LogP contribution in [0.3, 0.4) is 0 Å². The van der Waals surface area contributed by atoms with E-state index in [0.29, 0.717) is 22.5 Å². The summed E-state index contributed by atoms with van der Waals surface area (Å²) in [4.78, 5) is 12.2. The lowest BCUT2D eigenvalue weighted by atomic mass is 10.1. The number of nitrogen functional groups attached to an aromatic ring is 1. The van der Waals surface area contributed by atoms with Crippen molar-refractivity contribution < 1.29 is 9.18 Å². The van der Waals surface area contributed by atoms with Crippen LogP contribution >= 0.6 is 0 Å². The summed E-state index contributed by atoms with van der Waals surface area (Å²) in [5, 5.41) is 2.77. The molecular weight excluding hydrogens is 255 g/mol. The molecule has 0 saturated heterocycles. The number of carbonyl (C=O) groups excluding carboxylic acids is 1. The zero-order valence-corrected chi connectivity index (χ0v) is 11.8. The first kappa shape index (κ1) is 14.1. The number of carbonyl (C=O) groups is 1. The third kappa shape index (κ3) is 2.79. The van der Waals surface area contributed by atoms with E-state index in [-0.39, 0.29) is 11.7 Å². The van der Waals surface area contributed by atoms with Gasteiger partial charge in [-0.2, -0.15) is 0 Å². The summed E-state index contributed by atoms with van der Waals surface area (Å²) in [7, 11) is 0. The van der Waals surface area contributed by atoms with Gasteiger partial charge in [-0.1, -0.05) is 0 Å². The Balaban J connectivity index is 2.30. The van der Waals surface area contributed by atoms with E-state index < -0.39 is 0 Å². The molecule has 0 fully saturated rings. The lowest BCUT2D eigenvalue weighted by Gasteiger charge is -2.12. The van der Waals surface area contributed by atoms with Crippen LogP contribution in [0.1, 0.15) is 27.0 Å². The van der Waals surface area contributed by atoms with Gasteiger partial charge in [0, 0.05) is 5.56 Å². The van der Waals surface area contributed by atoms with Gasteiger partial charge in [0.05, 0.1) is 11.4 Å². The molecule has 0 spiro atoms. The van der Waals surface area contributed by atoms with Gasteiger partial charge in [0.2, 0.25) is 0 Å². The molecule has 3 nitrogen and oxygen atoms in total. The van der Waals surface area contributed by atoms with Crippen molar-refractivity contribution in [2.24, 2.45) is 0 Å². The van der Waals surface area contributed by atoms with Crippen LogP contribution < -0.4 is 11.1 Å². The van der Waals surface area contributed by atoms with Crippen LogP contribution in [-0.4, -0.2) is 5.91 Å². The Morgan fingerprint density at radius 3 is 2.35 bits per heavy atom. The maximum Gasteiger partial charge on any atom is 0.255 e. The molecule has 2 aromatic rings. The highest BCUT2D eigenvalue weighted by Gasteiger charge is 2.12. The SMILES string of the molecule is Cc1cc(N)c(NC(=O)c2ccc(F)cc2C)cc1C. The number of anilines is 2. The predicted molar refractivity (Wildman–Crippen MR) is 79.4 cm³/mol. The number of rotatable bonds is 2. The molecule has 0 saturated carbocycles. The first-order valence-corrected chi connectivity index (χ1v) is 6.32. The van der Waals surface area contributed by atoms with Crippen LogP contribution in [-0.2, 0) is 0 Å². The predicted octanol–water partition coefficient (Wildman–Crippen LogP) is 3.59. The van der Waals surface area contributed by atoms with Crippen molar-refractivity contribution in [3.8, 4) is 0 Å². The number of nitrogens with one attached hydrogen (secondary N) is 1. The van der Waals surface area contributed by atoms with Gasteiger partial charge in [0.15, 0.2) is 0 Å². The fourth-order valence-corrected chi connectivity index (χ4v) is 2.02. The van der Waals surface area contributed by atoms with E-state index >= 15 is 0 Å². The Morgan fingerprint density at radius 1 is 1.05 bits per heavy atom. The molecule has 104 valence electrons. The van der Waals surface area contributed by atoms with Crippen LogP contribution in [0.15, 0.2) is 30.3 Å². The molecule has 3 N–H and O–H groups in total. The number of hydrogen-bond donors (Lipinski definition) is 2. The number of nitrogens with two attached hydrogens (primary N) is 1. The molecule has 2 rings (SSSR count). The Labute approximate surface area is 117 Å². The second-order valence-electron chi connectivity index (χ2n) is 4.94. The lowest BCUT2D eigenvalue weighted by molar-refractivity contribution is 0.102. The Kier molecular flexibility index (Phi) is 3.74. The number of benzene rings is 2. The summed E-state index contributed by atoms with van der Waals surface area (Å²) in [5.74, 6) is -0.651. The van der Waals surface area contributed by atoms with Crippen molar-refractivity contribution in [2.75, 3.05) is 11.1 Å². The summed E-state index contributed by atoms with van der Waals surface area (Å²) in [6.07, 6.45) is 0. The van der Waals surface area contributed by atoms with Crippen molar-refractivity contribution in [3.05, 3.63) is 58.4 Å². The van der Waals surface area contributed by atoms with E-state index in [1.165, 1.54) is 18.2 Å². The average Bonchev–Trinajstić information content (AvgIpc) is 2.35. The van der Waals surface area contributed by atoms with Crippen molar-refractivity contribution >= 4 is 17.3 Å². The molecule has 0 bridgehead atoms. The average molecular weight is 272 g/mol. The molecular formula is C16H17FN2O. The largest absolute Gasteiger partial charge is 0.397 e. The minimum Gasteiger partial charge on any atom is -0.397 e. The zero-order chi connectivity index (χ0) is 14.9. The van der Waals surface area contributed by atoms with E-state index in [1.807, 2.05) is 26.0 Å². The number of halogens is 1. The van der Waals surface area contributed by atoms with Crippen molar-refractivity contribution in [2.45, 2.75) is 20.8 Å². The Morgan fingerprint density at radius 2 is 1.70 bits per heavy atom. The summed E-state index contributed by atoms with van der Waals surface area (Å²) < 4.78 is 13.0. The first-order valence-electron chi connectivity index (χ1n) is 6.32. The van der Waals surface area contributed by atoms with Crippen molar-refractivity contribution in [1.82, 2.24) is 0 Å². The third-order valence-electron chi connectivity index (χ3n) is 3.35. The maximum atomic E-state index is 13.0. The molecule has 20 heavy (non-hydrogen) atoms. The molecule has 2 aromatic carbocycles. The van der Waals surface area contributed by atoms with Gasteiger partial charge in [0.25, 0.3) is 5.91 Å². The highest BCUT2D eigenvalue weighted by atomic mass is 19.1. The molecule has 0 atom stereocenters. The highest BCUT2D eigenvalue weighted by Crippen LogP contribution is 2.24. The molecule has 1 amide bonds. The van der Waals surface area contributed by atoms with Gasteiger partial charge in [-0.3, -0.25) is 4.79 Å². The monoisotopic (exact) mass is 272 g/mol. The van der Waals surface area contributed by atoms with Gasteiger partial charge >= 0.3 is 0 Å². The van der Waals surface area contributed by atoms with Crippen LogP contribution in [0.25, 0.3) is 0 Å². The van der Waals surface area contributed by atoms with E-state index in [1.54, 1.807) is 6.92 Å². The van der Waals surface area contributed by atoms with Gasteiger partial charge < -0.3 is 11.1 Å². The van der Waals surface area contributed by atoms with Gasteiger partial charge in [-0.15, -0.1) is 0 Å². The zero-order valence-electron chi connectivity index (χ0n) is 11.8. The van der Waals surface area contributed by atoms with Gasteiger partial charge in [-0.05, 0) is 67.8 Å². The van der Waals surface area contributed by atoms with E-state index in [4.69, 9.17) is 5.73 Å². The smallest absolute Gasteiger partial charge is 0.255 e. The minimum absolute atomic E-state index is 0.294. The summed E-state index contributed by atoms with van der Waals surface area (Å²) in [5.41, 5.74) is 10.1. The second-order valence-corrected chi connectivity index (χ2v) is 4.94. The molecule has 0 heterocycles. The van der Waals surface area contributed by atoms with E-state index in [0.717, 1.165) is 11.1 Å². The molecule has 0 radical (unpaired) electrons. The topological polar surface area (TPSA) is 55.1 Å². The van der Waals surface area contributed by atoms with Crippen LogP contribution in [0.4, 0.5) is 15.8 Å². The molecule has 0 aliphatic rings. The first-order chi connectivity index (χ1) is 9.38. The van der Waals surface area contributed by atoms with Crippen molar-refractivity contribution in [3.63, 3.8) is 0 Å². The minimum atomic E-state index is -0.357. The van der Waals surface area contributed by atoms with E-state index in [9.17, 15) is 9.18 Å². The molecule has 0 aromatic heterocycles. The van der Waals surface area contributed by atoms with Gasteiger partial charge in [-0.25, -0.2) is 4.39 Å². The quantitative estimate of drug-likeness (QED) is 0.821. The van der Waals surface area contributed by atoms with Gasteiger partial charge in [0.1, 0.15) is 5.82 Å². The summed E-state index contributed by atoms with van der Waals surface area (Å²) in [6.45, 7) is 5.61. The Hall–Kier alpha value is -2.36. The number of aryl methyl sites for hydroxylation is 3. The van der Waals surface area contributed by atoms with E-state index in [2.05, 4.69) is 5.32 Å². The normalized spacial score (nSPS) is 10.4. The molecule has 4 heteroatoms. The molecule has 0 unspecified atom stereocenters. The van der Waals surface area contributed by atoms with Crippen LogP contribution in [0, 0.1) is 26.6 Å². The fraction of sp³-hybridized carbons (Fsp3) is 0.188. The maximum absolute atomic E-state index is 13.0. The number of hydrogen-bond acceptors (Lipinski definition) is 2. The lowest BCUT2D eigenvalue weighted by Crippen LogP contribution is -2.15. The summed E-state index contributed by atoms with van der Waals surface area (Å²) >= 11 is 0. The standard InChI is InChI=1S/C16H17FN2O/c1-9-7-14(18)15(8-10(9)2)19-16(20)13-5-4-12(17)6-11(13)3/h4-8H,18H2,1-3H3,(H,19,20). The molecule has 0 aliphatic heterocycles. The second kappa shape index (κ2) is 5.33. The fourth-order valence-electron chi connectivity index (χ4n) is 2.02. The highest BCUT2D eigenvalue weighted by molar-refractivity contribution is 6.06. The number of amides is 1. The van der Waals surface area contributed by atoms with Crippen molar-refractivity contribution in [1.29, 1.82) is 0 Å². The summed E-state index contributed by atoms with van der Waals surface area (Å²) in [6, 6.07) is 7.73. The third-order valence-corrected chi connectivity index (χ3v) is 3.35.